The number of nitro benzene ring substituents is 1. The zero-order chi connectivity index (χ0) is 16.1. The maximum absolute atomic E-state index is 12.1. The van der Waals surface area contributed by atoms with E-state index in [0.717, 1.165) is 0 Å². The van der Waals surface area contributed by atoms with Gasteiger partial charge in [0.1, 0.15) is 0 Å². The topological polar surface area (TPSA) is 75.5 Å². The molecule has 2 rings (SSSR count). The van der Waals surface area contributed by atoms with Gasteiger partial charge in [-0.15, -0.1) is 11.3 Å². The van der Waals surface area contributed by atoms with E-state index in [-0.39, 0.29) is 17.6 Å². The Morgan fingerprint density at radius 2 is 2.00 bits per heavy atom. The summed E-state index contributed by atoms with van der Waals surface area (Å²) in [6.45, 7) is 0.476. The van der Waals surface area contributed by atoms with Gasteiger partial charge in [-0.25, -0.2) is 0 Å². The summed E-state index contributed by atoms with van der Waals surface area (Å²) >= 11 is 1.64. The van der Waals surface area contributed by atoms with Gasteiger partial charge < -0.3 is 10.2 Å². The summed E-state index contributed by atoms with van der Waals surface area (Å²) in [6.07, 6.45) is 0. The Morgan fingerprint density at radius 1 is 1.32 bits per heavy atom. The summed E-state index contributed by atoms with van der Waals surface area (Å²) in [5.41, 5.74) is 0.385. The molecule has 0 aliphatic heterocycles. The Morgan fingerprint density at radius 3 is 2.50 bits per heavy atom. The van der Waals surface area contributed by atoms with Gasteiger partial charge in [-0.2, -0.15) is 0 Å². The molecule has 6 nitrogen and oxygen atoms in total. The standard InChI is InChI=1S/C15H17N3O3S/c1-17(2)13(14-4-3-9-22-14)10-16-15(19)11-5-7-12(8-6-11)18(20)21/h3-9,13H,10H2,1-2H3,(H,16,19). The molecule has 1 atom stereocenters. The Hall–Kier alpha value is -2.25. The molecule has 22 heavy (non-hydrogen) atoms. The van der Waals surface area contributed by atoms with Crippen LogP contribution in [0.15, 0.2) is 41.8 Å². The van der Waals surface area contributed by atoms with Crippen LogP contribution in [0, 0.1) is 10.1 Å². The molecule has 1 aromatic heterocycles. The number of hydrogen-bond acceptors (Lipinski definition) is 5. The van der Waals surface area contributed by atoms with E-state index in [1.807, 2.05) is 36.5 Å². The highest BCUT2D eigenvalue weighted by Crippen LogP contribution is 2.22. The smallest absolute Gasteiger partial charge is 0.269 e. The van der Waals surface area contributed by atoms with Crippen molar-refractivity contribution in [2.45, 2.75) is 6.04 Å². The third-order valence-corrected chi connectivity index (χ3v) is 4.26. The molecule has 1 heterocycles. The number of nitrogens with one attached hydrogen (secondary N) is 1. The second-order valence-electron chi connectivity index (χ2n) is 5.01. The van der Waals surface area contributed by atoms with Crippen LogP contribution in [-0.4, -0.2) is 36.4 Å². The average molecular weight is 319 g/mol. The van der Waals surface area contributed by atoms with Crippen LogP contribution in [-0.2, 0) is 0 Å². The number of amides is 1. The zero-order valence-corrected chi connectivity index (χ0v) is 13.2. The summed E-state index contributed by atoms with van der Waals surface area (Å²) in [6, 6.07) is 9.70. The molecular weight excluding hydrogens is 302 g/mol. The number of nitro groups is 1. The van der Waals surface area contributed by atoms with Crippen molar-refractivity contribution < 1.29 is 9.72 Å². The van der Waals surface area contributed by atoms with E-state index in [4.69, 9.17) is 0 Å². The van der Waals surface area contributed by atoms with E-state index < -0.39 is 4.92 Å². The van der Waals surface area contributed by atoms with Crippen LogP contribution in [0.2, 0.25) is 0 Å². The molecule has 2 aromatic rings. The van der Waals surface area contributed by atoms with Crippen LogP contribution in [0.25, 0.3) is 0 Å². The van der Waals surface area contributed by atoms with Crippen molar-refractivity contribution in [1.82, 2.24) is 10.2 Å². The summed E-state index contributed by atoms with van der Waals surface area (Å²) < 4.78 is 0. The highest BCUT2D eigenvalue weighted by atomic mass is 32.1. The Balaban J connectivity index is 2.00. The summed E-state index contributed by atoms with van der Waals surface area (Å²) in [5.74, 6) is -0.238. The molecule has 0 radical (unpaired) electrons. The van der Waals surface area contributed by atoms with E-state index in [0.29, 0.717) is 12.1 Å². The summed E-state index contributed by atoms with van der Waals surface area (Å²) in [4.78, 5) is 25.5. The van der Waals surface area contributed by atoms with Gasteiger partial charge in [0.15, 0.2) is 0 Å². The third-order valence-electron chi connectivity index (χ3n) is 3.29. The van der Waals surface area contributed by atoms with Crippen molar-refractivity contribution in [3.63, 3.8) is 0 Å². The van der Waals surface area contributed by atoms with Crippen LogP contribution in [0.3, 0.4) is 0 Å². The van der Waals surface area contributed by atoms with Crippen LogP contribution in [0.4, 0.5) is 5.69 Å². The van der Waals surface area contributed by atoms with Gasteiger partial charge in [0.05, 0.1) is 11.0 Å². The first-order valence-corrected chi connectivity index (χ1v) is 7.59. The van der Waals surface area contributed by atoms with Crippen molar-refractivity contribution in [2.75, 3.05) is 20.6 Å². The van der Waals surface area contributed by atoms with Crippen LogP contribution >= 0.6 is 11.3 Å². The minimum atomic E-state index is -0.486. The lowest BCUT2D eigenvalue weighted by molar-refractivity contribution is -0.384. The quantitative estimate of drug-likeness (QED) is 0.656. The van der Waals surface area contributed by atoms with Gasteiger partial charge in [0.2, 0.25) is 0 Å². The SMILES string of the molecule is CN(C)C(CNC(=O)c1ccc([N+](=O)[O-])cc1)c1cccs1. The Labute approximate surface area is 132 Å². The van der Waals surface area contributed by atoms with Crippen molar-refractivity contribution >= 4 is 22.9 Å². The molecule has 116 valence electrons. The van der Waals surface area contributed by atoms with Gasteiger partial charge in [-0.1, -0.05) is 6.07 Å². The highest BCUT2D eigenvalue weighted by Gasteiger charge is 2.17. The van der Waals surface area contributed by atoms with Gasteiger partial charge in [-0.05, 0) is 37.7 Å². The Kier molecular flexibility index (Phi) is 5.24. The van der Waals surface area contributed by atoms with Crippen molar-refractivity contribution in [2.24, 2.45) is 0 Å². The lowest BCUT2D eigenvalue weighted by Gasteiger charge is -2.23. The number of non-ortho nitro benzene ring substituents is 1. The number of hydrogen-bond donors (Lipinski definition) is 1. The molecule has 1 amide bonds. The molecule has 0 bridgehead atoms. The number of thiophene rings is 1. The third kappa shape index (κ3) is 3.90. The molecule has 1 unspecified atom stereocenters. The Bertz CT molecular complexity index is 639. The number of nitrogens with zero attached hydrogens (tertiary/aromatic N) is 2. The normalized spacial score (nSPS) is 12.1. The summed E-state index contributed by atoms with van der Waals surface area (Å²) in [5, 5.41) is 15.5. The second-order valence-corrected chi connectivity index (χ2v) is 5.99. The van der Waals surface area contributed by atoms with E-state index in [9.17, 15) is 14.9 Å². The zero-order valence-electron chi connectivity index (χ0n) is 12.4. The average Bonchev–Trinajstić information content (AvgIpc) is 3.01. The van der Waals surface area contributed by atoms with E-state index in [1.54, 1.807) is 11.3 Å². The lowest BCUT2D eigenvalue weighted by atomic mass is 10.1. The largest absolute Gasteiger partial charge is 0.350 e. The van der Waals surface area contributed by atoms with Crippen molar-refractivity contribution in [3.8, 4) is 0 Å². The fraction of sp³-hybridized carbons (Fsp3) is 0.267. The van der Waals surface area contributed by atoms with Crippen molar-refractivity contribution in [1.29, 1.82) is 0 Å². The number of carbonyl (C=O) groups is 1. The number of likely N-dealkylation sites (N-methyl/N-ethyl adjacent to an activating group) is 1. The molecule has 0 saturated carbocycles. The predicted molar refractivity (Wildman–Crippen MR) is 86.2 cm³/mol. The first-order chi connectivity index (χ1) is 10.5. The maximum atomic E-state index is 12.1. The minimum absolute atomic E-state index is 0.0266. The molecule has 0 fully saturated rings. The molecule has 1 N–H and O–H groups in total. The van der Waals surface area contributed by atoms with Gasteiger partial charge >= 0.3 is 0 Å². The van der Waals surface area contributed by atoms with Crippen LogP contribution in [0.1, 0.15) is 21.3 Å². The van der Waals surface area contributed by atoms with Crippen LogP contribution < -0.4 is 5.32 Å². The second kappa shape index (κ2) is 7.15. The first kappa shape index (κ1) is 16.1. The van der Waals surface area contributed by atoms with Gasteiger partial charge in [0, 0.05) is 29.1 Å². The van der Waals surface area contributed by atoms with E-state index in [1.165, 1.54) is 29.1 Å². The van der Waals surface area contributed by atoms with Gasteiger partial charge in [0.25, 0.3) is 11.6 Å². The van der Waals surface area contributed by atoms with E-state index in [2.05, 4.69) is 5.32 Å². The monoisotopic (exact) mass is 319 g/mol. The number of benzene rings is 1. The highest BCUT2D eigenvalue weighted by molar-refractivity contribution is 7.10. The fourth-order valence-corrected chi connectivity index (χ4v) is 2.97. The predicted octanol–water partition coefficient (Wildman–Crippen LogP) is 2.69. The maximum Gasteiger partial charge on any atom is 0.269 e. The number of carbonyl (C=O) groups excluding carboxylic acids is 1. The van der Waals surface area contributed by atoms with E-state index >= 15 is 0 Å². The minimum Gasteiger partial charge on any atom is -0.350 e. The molecule has 0 aliphatic carbocycles. The lowest BCUT2D eigenvalue weighted by Crippen LogP contribution is -2.34. The summed E-state index contributed by atoms with van der Waals surface area (Å²) in [7, 11) is 3.92. The molecule has 1 aromatic carbocycles. The van der Waals surface area contributed by atoms with Crippen molar-refractivity contribution in [3.05, 3.63) is 62.3 Å². The molecule has 7 heteroatoms. The fourth-order valence-electron chi connectivity index (χ4n) is 2.04. The molecule has 0 saturated heterocycles. The van der Waals surface area contributed by atoms with Gasteiger partial charge in [-0.3, -0.25) is 14.9 Å². The molecular formula is C15H17N3O3S. The van der Waals surface area contributed by atoms with Crippen LogP contribution in [0.5, 0.6) is 0 Å². The molecule has 0 aliphatic rings. The first-order valence-electron chi connectivity index (χ1n) is 6.71. The molecule has 0 spiro atoms. The number of rotatable bonds is 6.